The van der Waals surface area contributed by atoms with E-state index in [4.69, 9.17) is 10.7 Å². The second kappa shape index (κ2) is 6.66. The average molecular weight is 331 g/mol. The summed E-state index contributed by atoms with van der Waals surface area (Å²) in [5, 5.41) is 2.78. The number of nitrogens with one attached hydrogen (secondary N) is 1. The lowest BCUT2D eigenvalue weighted by molar-refractivity contribution is 0.176. The number of piperidine rings is 1. The molecule has 7 heteroatoms. The van der Waals surface area contributed by atoms with E-state index in [0.29, 0.717) is 11.6 Å². The number of nitrogens with zero attached hydrogens (tertiary/aromatic N) is 1. The van der Waals surface area contributed by atoms with Gasteiger partial charge in [0.05, 0.1) is 4.90 Å². The van der Waals surface area contributed by atoms with Gasteiger partial charge in [-0.3, -0.25) is 0 Å². The molecule has 21 heavy (non-hydrogen) atoms. The van der Waals surface area contributed by atoms with Gasteiger partial charge in [0.2, 0.25) is 0 Å². The number of halogens is 1. The minimum absolute atomic E-state index is 0.0196. The van der Waals surface area contributed by atoms with Crippen LogP contribution in [0.4, 0.5) is 10.5 Å². The van der Waals surface area contributed by atoms with Crippen molar-refractivity contribution < 1.29 is 13.2 Å². The summed E-state index contributed by atoms with van der Waals surface area (Å²) < 4.78 is 22.3. The molecule has 2 rings (SSSR count). The summed E-state index contributed by atoms with van der Waals surface area (Å²) in [4.78, 5) is 14.0. The number of anilines is 1. The number of carbonyl (C=O) groups is 1. The maximum atomic E-state index is 12.2. The third-order valence-electron chi connectivity index (χ3n) is 3.77. The van der Waals surface area contributed by atoms with Crippen LogP contribution in [0.1, 0.15) is 26.2 Å². The molecular weight excluding hydrogens is 312 g/mol. The Balaban J connectivity index is 1.99. The van der Waals surface area contributed by atoms with Gasteiger partial charge in [0, 0.05) is 29.5 Å². The number of urea groups is 1. The van der Waals surface area contributed by atoms with E-state index >= 15 is 0 Å². The summed E-state index contributed by atoms with van der Waals surface area (Å²) >= 11 is 0. The first-order valence-corrected chi connectivity index (χ1v) is 9.31. The monoisotopic (exact) mass is 330 g/mol. The fourth-order valence-electron chi connectivity index (χ4n) is 2.49. The molecule has 1 aliphatic rings. The van der Waals surface area contributed by atoms with Crippen LogP contribution in [0.3, 0.4) is 0 Å². The predicted molar refractivity (Wildman–Crippen MR) is 83.1 cm³/mol. The molecule has 1 saturated heterocycles. The van der Waals surface area contributed by atoms with Crippen LogP contribution in [0, 0.1) is 5.92 Å². The molecule has 1 unspecified atom stereocenters. The van der Waals surface area contributed by atoms with Crippen LogP contribution in [0.15, 0.2) is 29.2 Å². The van der Waals surface area contributed by atoms with Gasteiger partial charge in [0.1, 0.15) is 0 Å². The minimum atomic E-state index is -3.73. The molecule has 1 N–H and O–H groups in total. The molecule has 1 aliphatic heterocycles. The third-order valence-corrected chi connectivity index (χ3v) is 5.14. The summed E-state index contributed by atoms with van der Waals surface area (Å²) in [5.41, 5.74) is 0.558. The lowest BCUT2D eigenvalue weighted by Gasteiger charge is -2.32. The molecule has 0 radical (unpaired) electrons. The van der Waals surface area contributed by atoms with Crippen molar-refractivity contribution in [2.75, 3.05) is 18.4 Å². The zero-order valence-electron chi connectivity index (χ0n) is 11.9. The number of carbonyl (C=O) groups excluding carboxylic acids is 1. The molecule has 0 aromatic heterocycles. The maximum Gasteiger partial charge on any atom is 0.321 e. The highest BCUT2D eigenvalue weighted by Gasteiger charge is 2.22. The van der Waals surface area contributed by atoms with Gasteiger partial charge in [-0.1, -0.05) is 13.3 Å². The van der Waals surface area contributed by atoms with Crippen LogP contribution in [-0.2, 0) is 9.05 Å². The first-order chi connectivity index (χ1) is 9.90. The summed E-state index contributed by atoms with van der Waals surface area (Å²) in [5.74, 6) is 0.563. The Hall–Kier alpha value is -1.27. The molecular formula is C14H19ClN2O3S. The predicted octanol–water partition coefficient (Wildman–Crippen LogP) is 3.27. The topological polar surface area (TPSA) is 66.5 Å². The quantitative estimate of drug-likeness (QED) is 0.865. The normalized spacial score (nSPS) is 19.3. The van der Waals surface area contributed by atoms with Crippen molar-refractivity contribution in [3.8, 4) is 0 Å². The van der Waals surface area contributed by atoms with E-state index in [9.17, 15) is 13.2 Å². The molecule has 116 valence electrons. The maximum absolute atomic E-state index is 12.2. The van der Waals surface area contributed by atoms with Gasteiger partial charge in [-0.2, -0.15) is 0 Å². The van der Waals surface area contributed by atoms with Crippen molar-refractivity contribution >= 4 is 31.5 Å². The van der Waals surface area contributed by atoms with Crippen LogP contribution < -0.4 is 5.32 Å². The van der Waals surface area contributed by atoms with Gasteiger partial charge in [-0.05, 0) is 43.0 Å². The van der Waals surface area contributed by atoms with Crippen LogP contribution >= 0.6 is 10.7 Å². The van der Waals surface area contributed by atoms with Crippen molar-refractivity contribution in [1.29, 1.82) is 0 Å². The Morgan fingerprint density at radius 3 is 2.62 bits per heavy atom. The van der Waals surface area contributed by atoms with E-state index in [0.717, 1.165) is 25.9 Å². The van der Waals surface area contributed by atoms with Gasteiger partial charge in [-0.15, -0.1) is 0 Å². The lowest BCUT2D eigenvalue weighted by atomic mass is 9.96. The largest absolute Gasteiger partial charge is 0.324 e. The summed E-state index contributed by atoms with van der Waals surface area (Å²) in [7, 11) is 1.52. The number of hydrogen-bond donors (Lipinski definition) is 1. The summed E-state index contributed by atoms with van der Waals surface area (Å²) in [6, 6.07) is 5.68. The van der Waals surface area contributed by atoms with Crippen molar-refractivity contribution in [3.05, 3.63) is 24.3 Å². The van der Waals surface area contributed by atoms with E-state index in [1.54, 1.807) is 0 Å². The zero-order valence-corrected chi connectivity index (χ0v) is 13.5. The molecule has 2 amide bonds. The van der Waals surface area contributed by atoms with E-state index in [2.05, 4.69) is 12.2 Å². The minimum Gasteiger partial charge on any atom is -0.324 e. The fraction of sp³-hybridized carbons (Fsp3) is 0.500. The molecule has 0 aliphatic carbocycles. The van der Waals surface area contributed by atoms with Gasteiger partial charge in [0.15, 0.2) is 0 Å². The van der Waals surface area contributed by atoms with Gasteiger partial charge in [0.25, 0.3) is 9.05 Å². The summed E-state index contributed by atoms with van der Waals surface area (Å²) in [6.07, 6.45) is 3.27. The first-order valence-electron chi connectivity index (χ1n) is 7.01. The van der Waals surface area contributed by atoms with Gasteiger partial charge >= 0.3 is 6.03 Å². The SMILES string of the molecule is CCC1CCCN(C(=O)Nc2ccc(S(=O)(=O)Cl)cc2)C1. The highest BCUT2D eigenvalue weighted by molar-refractivity contribution is 8.13. The van der Waals surface area contributed by atoms with Crippen LogP contribution in [0.5, 0.6) is 0 Å². The van der Waals surface area contributed by atoms with Crippen molar-refractivity contribution in [2.24, 2.45) is 5.92 Å². The molecule has 1 aromatic carbocycles. The molecule has 1 heterocycles. The molecule has 1 aromatic rings. The molecule has 0 saturated carbocycles. The molecule has 1 fully saturated rings. The van der Waals surface area contributed by atoms with E-state index in [1.807, 2.05) is 4.90 Å². The lowest BCUT2D eigenvalue weighted by Crippen LogP contribution is -2.42. The van der Waals surface area contributed by atoms with Crippen LogP contribution in [0.2, 0.25) is 0 Å². The number of likely N-dealkylation sites (tertiary alicyclic amines) is 1. The van der Waals surface area contributed by atoms with Crippen molar-refractivity contribution in [1.82, 2.24) is 4.90 Å². The second-order valence-electron chi connectivity index (χ2n) is 5.25. The fourth-order valence-corrected chi connectivity index (χ4v) is 3.26. The molecule has 0 spiro atoms. The highest BCUT2D eigenvalue weighted by atomic mass is 35.7. The third kappa shape index (κ3) is 4.35. The Morgan fingerprint density at radius 1 is 1.38 bits per heavy atom. The first kappa shape index (κ1) is 16.1. The standard InChI is InChI=1S/C14H19ClN2O3S/c1-2-11-4-3-9-17(10-11)14(18)16-12-5-7-13(8-6-12)21(15,19)20/h5-8,11H,2-4,9-10H2,1H3,(H,16,18). The molecule has 1 atom stereocenters. The molecule has 0 bridgehead atoms. The van der Waals surface area contributed by atoms with E-state index in [-0.39, 0.29) is 10.9 Å². The van der Waals surface area contributed by atoms with Crippen molar-refractivity contribution in [2.45, 2.75) is 31.1 Å². The summed E-state index contributed by atoms with van der Waals surface area (Å²) in [6.45, 7) is 3.67. The molecule has 5 nitrogen and oxygen atoms in total. The number of rotatable bonds is 3. The number of amides is 2. The highest BCUT2D eigenvalue weighted by Crippen LogP contribution is 2.21. The second-order valence-corrected chi connectivity index (χ2v) is 7.82. The van der Waals surface area contributed by atoms with E-state index in [1.165, 1.54) is 30.7 Å². The van der Waals surface area contributed by atoms with E-state index < -0.39 is 9.05 Å². The number of benzene rings is 1. The number of hydrogen-bond acceptors (Lipinski definition) is 3. The Labute approximate surface area is 129 Å². The zero-order chi connectivity index (χ0) is 15.5. The van der Waals surface area contributed by atoms with Crippen LogP contribution in [-0.4, -0.2) is 32.4 Å². The Kier molecular flexibility index (Phi) is 5.11. The average Bonchev–Trinajstić information content (AvgIpc) is 2.47. The Bertz CT molecular complexity index is 601. The smallest absolute Gasteiger partial charge is 0.321 e. The Morgan fingerprint density at radius 2 is 2.05 bits per heavy atom. The van der Waals surface area contributed by atoms with Crippen molar-refractivity contribution in [3.63, 3.8) is 0 Å². The van der Waals surface area contributed by atoms with Crippen LogP contribution in [0.25, 0.3) is 0 Å². The van der Waals surface area contributed by atoms with Gasteiger partial charge in [-0.25, -0.2) is 13.2 Å². The van der Waals surface area contributed by atoms with Gasteiger partial charge < -0.3 is 10.2 Å².